The number of hydrazone groups is 1. The Morgan fingerprint density at radius 2 is 1.86 bits per heavy atom. The Kier molecular flexibility index (Phi) is 9.40. The summed E-state index contributed by atoms with van der Waals surface area (Å²) in [5, 5.41) is 4.35. The molecule has 1 heterocycles. The summed E-state index contributed by atoms with van der Waals surface area (Å²) in [6.45, 7) is 3.14. The third kappa shape index (κ3) is 7.45. The highest BCUT2D eigenvalue weighted by atomic mass is 35.5. The molecule has 1 atom stereocenters. The van der Waals surface area contributed by atoms with Crippen molar-refractivity contribution in [1.29, 1.82) is 0 Å². The fraction of sp³-hybridized carbons (Fsp3) is 0.259. The van der Waals surface area contributed by atoms with Crippen LogP contribution in [0, 0.1) is 11.6 Å². The molecule has 4 rings (SSSR count). The number of benzene rings is 3. The van der Waals surface area contributed by atoms with Crippen LogP contribution >= 0.6 is 23.8 Å². The van der Waals surface area contributed by atoms with E-state index in [1.165, 1.54) is 6.07 Å². The maximum absolute atomic E-state index is 15.1. The predicted molar refractivity (Wildman–Crippen MR) is 148 cm³/mol. The van der Waals surface area contributed by atoms with Crippen LogP contribution in [0.25, 0.3) is 0 Å². The minimum Gasteiger partial charge on any atom is -0.375 e. The summed E-state index contributed by atoms with van der Waals surface area (Å²) < 4.78 is 35.9. The number of hydrogen-bond donors (Lipinski definition) is 2. The molecule has 0 spiro atoms. The molecule has 0 saturated carbocycles. The van der Waals surface area contributed by atoms with E-state index >= 15 is 4.39 Å². The van der Waals surface area contributed by atoms with E-state index in [-0.39, 0.29) is 22.4 Å². The quantitative estimate of drug-likeness (QED) is 0.232. The first kappa shape index (κ1) is 26.9. The zero-order valence-corrected chi connectivity index (χ0v) is 21.7. The van der Waals surface area contributed by atoms with Crippen molar-refractivity contribution in [3.05, 3.63) is 100 Å². The molecule has 1 saturated heterocycles. The van der Waals surface area contributed by atoms with Crippen LogP contribution in [-0.4, -0.2) is 48.5 Å². The Bertz CT molecular complexity index is 1250. The first-order valence-corrected chi connectivity index (χ1v) is 12.6. The number of anilines is 1. The van der Waals surface area contributed by atoms with Crippen LogP contribution in [0.2, 0.25) is 5.02 Å². The molecule has 194 valence electrons. The lowest BCUT2D eigenvalue weighted by molar-refractivity contribution is 0.0411. The van der Waals surface area contributed by atoms with Crippen LogP contribution in [0.3, 0.4) is 0 Å². The van der Waals surface area contributed by atoms with Gasteiger partial charge in [0.05, 0.1) is 31.2 Å². The van der Waals surface area contributed by atoms with Gasteiger partial charge < -0.3 is 15.4 Å². The molecule has 1 aliphatic heterocycles. The van der Waals surface area contributed by atoms with Crippen LogP contribution in [0.5, 0.6) is 0 Å². The van der Waals surface area contributed by atoms with Gasteiger partial charge in [0.1, 0.15) is 11.6 Å². The average molecular weight is 544 g/mol. The van der Waals surface area contributed by atoms with Crippen molar-refractivity contribution in [2.45, 2.75) is 19.2 Å². The second kappa shape index (κ2) is 12.9. The maximum atomic E-state index is 15.1. The van der Waals surface area contributed by atoms with E-state index in [0.717, 1.165) is 23.4 Å². The van der Waals surface area contributed by atoms with Gasteiger partial charge in [-0.3, -0.25) is 10.3 Å². The van der Waals surface area contributed by atoms with E-state index in [9.17, 15) is 4.39 Å². The van der Waals surface area contributed by atoms with Gasteiger partial charge in [-0.2, -0.15) is 5.10 Å². The molecule has 3 aromatic carbocycles. The summed E-state index contributed by atoms with van der Waals surface area (Å²) in [6, 6.07) is 19.9. The SMILES string of the molecule is NC(=S)NN=Cc1cc(F)c(N2CCN(Cc3ccccc3Cl)[C@@H](COCc3ccccc3)C2)cc1F. The molecule has 6 nitrogen and oxygen atoms in total. The molecule has 1 fully saturated rings. The summed E-state index contributed by atoms with van der Waals surface area (Å²) in [5.41, 5.74) is 9.91. The van der Waals surface area contributed by atoms with Crippen molar-refractivity contribution in [1.82, 2.24) is 10.3 Å². The van der Waals surface area contributed by atoms with E-state index in [1.54, 1.807) is 0 Å². The smallest absolute Gasteiger partial charge is 0.184 e. The van der Waals surface area contributed by atoms with E-state index < -0.39 is 11.6 Å². The van der Waals surface area contributed by atoms with Crippen molar-refractivity contribution < 1.29 is 13.5 Å². The van der Waals surface area contributed by atoms with Gasteiger partial charge in [0.2, 0.25) is 0 Å². The fourth-order valence-corrected chi connectivity index (χ4v) is 4.52. The minimum atomic E-state index is -0.597. The lowest BCUT2D eigenvalue weighted by Crippen LogP contribution is -2.54. The zero-order valence-electron chi connectivity index (χ0n) is 20.1. The van der Waals surface area contributed by atoms with Crippen LogP contribution in [0.1, 0.15) is 16.7 Å². The summed E-state index contributed by atoms with van der Waals surface area (Å²) in [7, 11) is 0. The largest absolute Gasteiger partial charge is 0.375 e. The molecule has 0 amide bonds. The minimum absolute atomic E-state index is 0.00917. The van der Waals surface area contributed by atoms with Gasteiger partial charge in [-0.25, -0.2) is 8.78 Å². The number of thiocarbonyl (C=S) groups is 1. The highest BCUT2D eigenvalue weighted by Gasteiger charge is 2.29. The molecule has 37 heavy (non-hydrogen) atoms. The summed E-state index contributed by atoms with van der Waals surface area (Å²) in [5.74, 6) is -1.14. The molecule has 3 N–H and O–H groups in total. The Morgan fingerprint density at radius 1 is 1.11 bits per heavy atom. The van der Waals surface area contributed by atoms with Gasteiger partial charge in [0.15, 0.2) is 5.11 Å². The zero-order chi connectivity index (χ0) is 26.2. The normalized spacial score (nSPS) is 16.3. The molecule has 3 aromatic rings. The van der Waals surface area contributed by atoms with Gasteiger partial charge in [0, 0.05) is 42.8 Å². The van der Waals surface area contributed by atoms with Gasteiger partial charge >= 0.3 is 0 Å². The maximum Gasteiger partial charge on any atom is 0.184 e. The van der Waals surface area contributed by atoms with Crippen molar-refractivity contribution in [2.75, 3.05) is 31.1 Å². The van der Waals surface area contributed by atoms with Gasteiger partial charge in [-0.05, 0) is 35.5 Å². The van der Waals surface area contributed by atoms with Crippen molar-refractivity contribution in [2.24, 2.45) is 10.8 Å². The molecule has 0 aliphatic carbocycles. The molecule has 0 bridgehead atoms. The molecule has 10 heteroatoms. The molecule has 0 aromatic heterocycles. The molecule has 1 aliphatic rings. The van der Waals surface area contributed by atoms with Crippen LogP contribution in [-0.2, 0) is 17.9 Å². The van der Waals surface area contributed by atoms with Crippen molar-refractivity contribution in [3.63, 3.8) is 0 Å². The van der Waals surface area contributed by atoms with Crippen molar-refractivity contribution in [3.8, 4) is 0 Å². The Hall–Kier alpha value is -3.11. The Morgan fingerprint density at radius 3 is 2.62 bits per heavy atom. The molecule has 0 radical (unpaired) electrons. The van der Waals surface area contributed by atoms with Gasteiger partial charge in [-0.1, -0.05) is 60.1 Å². The lowest BCUT2D eigenvalue weighted by atomic mass is 10.1. The number of piperazine rings is 1. The van der Waals surface area contributed by atoms with Crippen LogP contribution < -0.4 is 16.1 Å². The summed E-state index contributed by atoms with van der Waals surface area (Å²) >= 11 is 11.1. The number of rotatable bonds is 9. The Labute approximate surface area is 225 Å². The number of nitrogens with zero attached hydrogens (tertiary/aromatic N) is 3. The number of nitrogens with one attached hydrogen (secondary N) is 1. The second-order valence-electron chi connectivity index (χ2n) is 8.72. The van der Waals surface area contributed by atoms with Gasteiger partial charge in [0.25, 0.3) is 0 Å². The summed E-state index contributed by atoms with van der Waals surface area (Å²) in [6.07, 6.45) is 1.14. The standard InChI is InChI=1S/C27H28ClF2N5OS/c28-23-9-5-4-8-20(23)15-34-10-11-35(16-22(34)18-36-17-19-6-2-1-3-7-19)26-13-24(29)21(12-25(26)30)14-32-33-27(31)37/h1-9,12-14,22H,10-11,15-18H2,(H3,31,33,37)/t22-/m1/s1. The van der Waals surface area contributed by atoms with Crippen LogP contribution in [0.4, 0.5) is 14.5 Å². The Balaban J connectivity index is 1.50. The topological polar surface area (TPSA) is 66.1 Å². The average Bonchev–Trinajstić information content (AvgIpc) is 2.88. The lowest BCUT2D eigenvalue weighted by Gasteiger charge is -2.42. The molecular formula is C27H28ClF2N5OS. The van der Waals surface area contributed by atoms with E-state index in [0.29, 0.717) is 44.4 Å². The number of nitrogens with two attached hydrogens (primary N) is 1. The number of halogens is 3. The third-order valence-electron chi connectivity index (χ3n) is 6.14. The van der Waals surface area contributed by atoms with E-state index in [1.807, 2.05) is 59.5 Å². The highest BCUT2D eigenvalue weighted by Crippen LogP contribution is 2.27. The second-order valence-corrected chi connectivity index (χ2v) is 9.57. The third-order valence-corrected chi connectivity index (χ3v) is 6.60. The van der Waals surface area contributed by atoms with Gasteiger partial charge in [-0.15, -0.1) is 0 Å². The number of hydrogen-bond acceptors (Lipinski definition) is 5. The molecular weight excluding hydrogens is 516 g/mol. The number of ether oxygens (including phenoxy) is 1. The predicted octanol–water partition coefficient (Wildman–Crippen LogP) is 4.69. The van der Waals surface area contributed by atoms with E-state index in [4.69, 9.17) is 22.1 Å². The van der Waals surface area contributed by atoms with Crippen LogP contribution in [0.15, 0.2) is 71.8 Å². The first-order chi connectivity index (χ1) is 17.9. The highest BCUT2D eigenvalue weighted by molar-refractivity contribution is 7.80. The fourth-order valence-electron chi connectivity index (χ4n) is 4.27. The summed E-state index contributed by atoms with van der Waals surface area (Å²) in [4.78, 5) is 4.13. The first-order valence-electron chi connectivity index (χ1n) is 11.8. The van der Waals surface area contributed by atoms with Crippen molar-refractivity contribution >= 4 is 40.8 Å². The monoisotopic (exact) mass is 543 g/mol. The molecule has 0 unspecified atom stereocenters. The van der Waals surface area contributed by atoms with E-state index in [2.05, 4.69) is 27.6 Å².